The summed E-state index contributed by atoms with van der Waals surface area (Å²) in [6.45, 7) is 0.818. The van der Waals surface area contributed by atoms with Crippen LogP contribution in [0.4, 0.5) is 5.69 Å². The van der Waals surface area contributed by atoms with Gasteiger partial charge >= 0.3 is 0 Å². The number of benzene rings is 2. The van der Waals surface area contributed by atoms with Crippen molar-refractivity contribution in [2.45, 2.75) is 12.8 Å². The summed E-state index contributed by atoms with van der Waals surface area (Å²) in [5.41, 5.74) is 10.1. The topological polar surface area (TPSA) is 35.2 Å². The van der Waals surface area contributed by atoms with E-state index < -0.39 is 0 Å². The Labute approximate surface area is 101 Å². The molecule has 1 aliphatic rings. The van der Waals surface area contributed by atoms with Gasteiger partial charge in [-0.15, -0.1) is 0 Å². The Bertz CT molecular complexity index is 531. The van der Waals surface area contributed by atoms with Crippen LogP contribution in [0.5, 0.6) is 5.75 Å². The summed E-state index contributed by atoms with van der Waals surface area (Å²) >= 11 is 0. The summed E-state index contributed by atoms with van der Waals surface area (Å²) in [5.74, 6) is 1.04. The van der Waals surface area contributed by atoms with Crippen LogP contribution in [0.3, 0.4) is 0 Å². The minimum absolute atomic E-state index is 0.791. The molecule has 1 aliphatic heterocycles. The molecule has 2 nitrogen and oxygen atoms in total. The van der Waals surface area contributed by atoms with E-state index in [4.69, 9.17) is 10.5 Å². The molecule has 2 N–H and O–H groups in total. The van der Waals surface area contributed by atoms with Crippen LogP contribution in [-0.4, -0.2) is 6.61 Å². The summed E-state index contributed by atoms with van der Waals surface area (Å²) < 4.78 is 5.81. The average molecular weight is 225 g/mol. The number of nitrogens with two attached hydrogens (primary N) is 1. The van der Waals surface area contributed by atoms with Gasteiger partial charge in [0.25, 0.3) is 0 Å². The fraction of sp³-hybridized carbons (Fsp3) is 0.200. The fourth-order valence-electron chi connectivity index (χ4n) is 2.28. The van der Waals surface area contributed by atoms with E-state index in [1.54, 1.807) is 0 Å². The second-order valence-corrected chi connectivity index (χ2v) is 4.37. The highest BCUT2D eigenvalue weighted by atomic mass is 16.5. The van der Waals surface area contributed by atoms with Crippen LogP contribution >= 0.6 is 0 Å². The number of hydrogen-bond donors (Lipinski definition) is 1. The average Bonchev–Trinajstić information content (AvgIpc) is 2.39. The Balaban J connectivity index is 2.11. The van der Waals surface area contributed by atoms with Gasteiger partial charge in [-0.3, -0.25) is 0 Å². The molecule has 86 valence electrons. The van der Waals surface area contributed by atoms with E-state index >= 15 is 0 Å². The van der Waals surface area contributed by atoms with Gasteiger partial charge in [0.2, 0.25) is 0 Å². The van der Waals surface area contributed by atoms with Crippen LogP contribution in [0.15, 0.2) is 42.5 Å². The zero-order valence-electron chi connectivity index (χ0n) is 9.65. The van der Waals surface area contributed by atoms with Crippen molar-refractivity contribution in [2.24, 2.45) is 0 Å². The Kier molecular flexibility index (Phi) is 2.48. The number of anilines is 1. The number of rotatable bonds is 1. The first-order chi connectivity index (χ1) is 8.34. The maximum atomic E-state index is 5.81. The molecule has 0 aliphatic carbocycles. The van der Waals surface area contributed by atoms with Crippen LogP contribution < -0.4 is 10.5 Å². The molecular formula is C15H15NO. The van der Waals surface area contributed by atoms with E-state index in [-0.39, 0.29) is 0 Å². The largest absolute Gasteiger partial charge is 0.493 e. The molecule has 2 heteroatoms. The summed E-state index contributed by atoms with van der Waals surface area (Å²) in [6.07, 6.45) is 2.22. The van der Waals surface area contributed by atoms with E-state index in [1.807, 2.05) is 24.3 Å². The smallest absolute Gasteiger partial charge is 0.130 e. The summed E-state index contributed by atoms with van der Waals surface area (Å²) in [4.78, 5) is 0. The van der Waals surface area contributed by atoms with Crippen LogP contribution in [-0.2, 0) is 6.42 Å². The lowest BCUT2D eigenvalue weighted by Gasteiger charge is -2.20. The van der Waals surface area contributed by atoms with Crippen LogP contribution in [0, 0.1) is 0 Å². The minimum atomic E-state index is 0.791. The van der Waals surface area contributed by atoms with E-state index in [0.29, 0.717) is 0 Å². The Hall–Kier alpha value is -1.96. The van der Waals surface area contributed by atoms with Crippen molar-refractivity contribution in [1.82, 2.24) is 0 Å². The van der Waals surface area contributed by atoms with Crippen molar-refractivity contribution in [2.75, 3.05) is 12.3 Å². The number of para-hydroxylation sites is 1. The van der Waals surface area contributed by atoms with Crippen LogP contribution in [0.1, 0.15) is 12.0 Å². The van der Waals surface area contributed by atoms with Crippen molar-refractivity contribution in [1.29, 1.82) is 0 Å². The highest BCUT2D eigenvalue weighted by Gasteiger charge is 2.14. The monoisotopic (exact) mass is 225 g/mol. The van der Waals surface area contributed by atoms with Crippen LogP contribution in [0.2, 0.25) is 0 Å². The summed E-state index contributed by atoms with van der Waals surface area (Å²) in [5, 5.41) is 0. The van der Waals surface area contributed by atoms with Gasteiger partial charge in [-0.2, -0.15) is 0 Å². The molecule has 0 spiro atoms. The van der Waals surface area contributed by atoms with Gasteiger partial charge in [-0.05, 0) is 36.1 Å². The third-order valence-corrected chi connectivity index (χ3v) is 3.16. The molecule has 0 atom stereocenters. The minimum Gasteiger partial charge on any atom is -0.493 e. The first-order valence-corrected chi connectivity index (χ1v) is 5.95. The quantitative estimate of drug-likeness (QED) is 0.756. The Morgan fingerprint density at radius 3 is 2.65 bits per heavy atom. The number of aryl methyl sites for hydroxylation is 1. The van der Waals surface area contributed by atoms with E-state index in [9.17, 15) is 0 Å². The number of fused-ring (bicyclic) bond motifs is 1. The first kappa shape index (κ1) is 10.2. The zero-order chi connectivity index (χ0) is 11.7. The number of ether oxygens (including phenoxy) is 1. The van der Waals surface area contributed by atoms with Crippen molar-refractivity contribution in [3.63, 3.8) is 0 Å². The zero-order valence-corrected chi connectivity index (χ0v) is 9.65. The van der Waals surface area contributed by atoms with Crippen LogP contribution in [0.25, 0.3) is 11.1 Å². The van der Waals surface area contributed by atoms with Gasteiger partial charge in [0.1, 0.15) is 5.75 Å². The molecule has 0 radical (unpaired) electrons. The van der Waals surface area contributed by atoms with Gasteiger partial charge in [-0.25, -0.2) is 0 Å². The van der Waals surface area contributed by atoms with Gasteiger partial charge in [-0.1, -0.05) is 30.3 Å². The molecule has 1 heterocycles. The van der Waals surface area contributed by atoms with Gasteiger partial charge in [0.15, 0.2) is 0 Å². The lowest BCUT2D eigenvalue weighted by atomic mass is 9.97. The molecular weight excluding hydrogens is 210 g/mol. The summed E-state index contributed by atoms with van der Waals surface area (Å²) in [7, 11) is 0. The molecule has 0 saturated carbocycles. The second kappa shape index (κ2) is 4.13. The third-order valence-electron chi connectivity index (χ3n) is 3.16. The molecule has 2 aromatic carbocycles. The van der Waals surface area contributed by atoms with Gasteiger partial charge in [0.05, 0.1) is 6.61 Å². The maximum Gasteiger partial charge on any atom is 0.130 e. The summed E-state index contributed by atoms with van der Waals surface area (Å²) in [6, 6.07) is 14.3. The molecule has 2 aromatic rings. The Morgan fingerprint density at radius 1 is 1.00 bits per heavy atom. The molecule has 0 amide bonds. The van der Waals surface area contributed by atoms with Gasteiger partial charge < -0.3 is 10.5 Å². The fourth-order valence-corrected chi connectivity index (χ4v) is 2.28. The SMILES string of the molecule is Nc1ccc(-c2cccc3c2OCCC3)cc1. The molecule has 0 saturated heterocycles. The number of nitrogen functional groups attached to an aromatic ring is 1. The van der Waals surface area contributed by atoms with Gasteiger partial charge in [0, 0.05) is 11.3 Å². The molecule has 0 unspecified atom stereocenters. The van der Waals surface area contributed by atoms with E-state index in [0.717, 1.165) is 36.4 Å². The first-order valence-electron chi connectivity index (χ1n) is 5.95. The van der Waals surface area contributed by atoms with Crippen molar-refractivity contribution >= 4 is 5.69 Å². The standard InChI is InChI=1S/C15H15NO/c16-13-8-6-11(7-9-13)14-5-1-3-12-4-2-10-17-15(12)14/h1,3,5-9H,2,4,10,16H2. The molecule has 0 bridgehead atoms. The predicted molar refractivity (Wildman–Crippen MR) is 70.1 cm³/mol. The van der Waals surface area contributed by atoms with E-state index in [1.165, 1.54) is 11.1 Å². The molecule has 17 heavy (non-hydrogen) atoms. The predicted octanol–water partition coefficient (Wildman–Crippen LogP) is 3.26. The maximum absolute atomic E-state index is 5.81. The normalized spacial score (nSPS) is 13.9. The van der Waals surface area contributed by atoms with E-state index in [2.05, 4.69) is 18.2 Å². The number of hydrogen-bond acceptors (Lipinski definition) is 2. The Morgan fingerprint density at radius 2 is 1.82 bits per heavy atom. The molecule has 3 rings (SSSR count). The molecule has 0 fully saturated rings. The third kappa shape index (κ3) is 1.86. The lowest BCUT2D eigenvalue weighted by molar-refractivity contribution is 0.289. The second-order valence-electron chi connectivity index (χ2n) is 4.37. The van der Waals surface area contributed by atoms with Crippen molar-refractivity contribution in [3.05, 3.63) is 48.0 Å². The molecule has 0 aromatic heterocycles. The van der Waals surface area contributed by atoms with Crippen molar-refractivity contribution in [3.8, 4) is 16.9 Å². The lowest BCUT2D eigenvalue weighted by Crippen LogP contribution is -2.09. The highest BCUT2D eigenvalue weighted by molar-refractivity contribution is 5.73. The highest BCUT2D eigenvalue weighted by Crippen LogP contribution is 2.36. The van der Waals surface area contributed by atoms with Crippen molar-refractivity contribution < 1.29 is 4.74 Å².